The number of carbonyl (C=O) groups is 1. The summed E-state index contributed by atoms with van der Waals surface area (Å²) in [4.78, 5) is 12.4. The molecular weight excluding hydrogens is 156 g/mol. The zero-order valence-electron chi connectivity index (χ0n) is 7.67. The lowest BCUT2D eigenvalue weighted by atomic mass is 10.4. The summed E-state index contributed by atoms with van der Waals surface area (Å²) in [5.41, 5.74) is 0. The summed E-state index contributed by atoms with van der Waals surface area (Å²) in [6, 6.07) is -0.0754. The van der Waals surface area contributed by atoms with Crippen LogP contribution in [0.2, 0.25) is 0 Å². The molecule has 0 fully saturated rings. The number of hydrogen-bond acceptors (Lipinski definition) is 2. The van der Waals surface area contributed by atoms with Gasteiger partial charge in [-0.15, -0.1) is 0 Å². The number of rotatable bonds is 5. The van der Waals surface area contributed by atoms with Crippen LogP contribution in [0, 0.1) is 0 Å². The van der Waals surface area contributed by atoms with E-state index in [9.17, 15) is 4.79 Å². The predicted octanol–water partition coefficient (Wildman–Crippen LogP) is 0.808. The number of urea groups is 1. The van der Waals surface area contributed by atoms with Crippen molar-refractivity contribution in [2.24, 2.45) is 0 Å². The van der Waals surface area contributed by atoms with Gasteiger partial charge in [0.15, 0.2) is 0 Å². The van der Waals surface area contributed by atoms with E-state index < -0.39 is 0 Å². The maximum Gasteiger partial charge on any atom is 0.316 e. The molecule has 70 valence electrons. The first kappa shape index (κ1) is 10.8. The van der Waals surface area contributed by atoms with Crippen molar-refractivity contribution in [3.8, 4) is 0 Å². The van der Waals surface area contributed by atoms with E-state index in [0.717, 1.165) is 6.42 Å². The molecule has 0 unspecified atom stereocenters. The van der Waals surface area contributed by atoms with Gasteiger partial charge in [-0.3, -0.25) is 0 Å². The van der Waals surface area contributed by atoms with Crippen molar-refractivity contribution in [1.82, 2.24) is 10.2 Å². The van der Waals surface area contributed by atoms with Crippen molar-refractivity contribution < 1.29 is 9.53 Å². The standard InChI is InChI=1S/C8H16N2O2/c1-4-12-7-5-6-9-8(11)10(2)3/h4H,1,5-7H2,2-3H3,(H,9,11). The first-order chi connectivity index (χ1) is 5.68. The third kappa shape index (κ3) is 5.58. The molecule has 2 amide bonds. The monoisotopic (exact) mass is 172 g/mol. The van der Waals surface area contributed by atoms with Crippen molar-refractivity contribution in [2.45, 2.75) is 6.42 Å². The molecule has 0 saturated carbocycles. The van der Waals surface area contributed by atoms with E-state index in [1.807, 2.05) is 0 Å². The van der Waals surface area contributed by atoms with E-state index in [2.05, 4.69) is 11.9 Å². The van der Waals surface area contributed by atoms with E-state index in [4.69, 9.17) is 4.74 Å². The summed E-state index contributed by atoms with van der Waals surface area (Å²) in [7, 11) is 3.41. The highest BCUT2D eigenvalue weighted by Gasteiger charge is 1.99. The van der Waals surface area contributed by atoms with Gasteiger partial charge in [-0.05, 0) is 6.42 Å². The Bertz CT molecular complexity index is 146. The van der Waals surface area contributed by atoms with Gasteiger partial charge in [0, 0.05) is 20.6 Å². The summed E-state index contributed by atoms with van der Waals surface area (Å²) in [5.74, 6) is 0. The van der Waals surface area contributed by atoms with Gasteiger partial charge in [0.1, 0.15) is 0 Å². The van der Waals surface area contributed by atoms with E-state index in [-0.39, 0.29) is 6.03 Å². The molecule has 0 heterocycles. The average molecular weight is 172 g/mol. The third-order valence-corrected chi connectivity index (χ3v) is 1.24. The fraction of sp³-hybridized carbons (Fsp3) is 0.625. The zero-order chi connectivity index (χ0) is 9.40. The molecule has 0 spiro atoms. The molecule has 4 nitrogen and oxygen atoms in total. The second kappa shape index (κ2) is 6.52. The smallest absolute Gasteiger partial charge is 0.316 e. The van der Waals surface area contributed by atoms with Gasteiger partial charge in [0.25, 0.3) is 0 Å². The van der Waals surface area contributed by atoms with E-state index in [1.165, 1.54) is 11.2 Å². The molecule has 0 aliphatic heterocycles. The largest absolute Gasteiger partial charge is 0.502 e. The molecule has 0 radical (unpaired) electrons. The summed E-state index contributed by atoms with van der Waals surface area (Å²) in [6.45, 7) is 4.63. The van der Waals surface area contributed by atoms with Crippen LogP contribution in [0.1, 0.15) is 6.42 Å². The van der Waals surface area contributed by atoms with Crippen LogP contribution in [0.5, 0.6) is 0 Å². The highest BCUT2D eigenvalue weighted by molar-refractivity contribution is 5.73. The normalized spacial score (nSPS) is 8.83. The number of nitrogens with zero attached hydrogens (tertiary/aromatic N) is 1. The zero-order valence-corrected chi connectivity index (χ0v) is 7.67. The van der Waals surface area contributed by atoms with Crippen LogP contribution in [0.25, 0.3) is 0 Å². The minimum Gasteiger partial charge on any atom is -0.502 e. The van der Waals surface area contributed by atoms with E-state index >= 15 is 0 Å². The Morgan fingerprint density at radius 1 is 1.67 bits per heavy atom. The van der Waals surface area contributed by atoms with Crippen molar-refractivity contribution in [2.75, 3.05) is 27.2 Å². The van der Waals surface area contributed by atoms with Crippen LogP contribution in [0.4, 0.5) is 4.79 Å². The Balaban J connectivity index is 3.19. The lowest BCUT2D eigenvalue weighted by Crippen LogP contribution is -2.35. The number of carbonyl (C=O) groups excluding carboxylic acids is 1. The van der Waals surface area contributed by atoms with Crippen molar-refractivity contribution in [1.29, 1.82) is 0 Å². The molecule has 0 aliphatic rings. The van der Waals surface area contributed by atoms with Gasteiger partial charge in [-0.2, -0.15) is 0 Å². The summed E-state index contributed by atoms with van der Waals surface area (Å²) in [6.07, 6.45) is 2.19. The Kier molecular flexibility index (Phi) is 5.87. The van der Waals surface area contributed by atoms with Gasteiger partial charge >= 0.3 is 6.03 Å². The van der Waals surface area contributed by atoms with Crippen LogP contribution >= 0.6 is 0 Å². The molecule has 1 N–H and O–H groups in total. The van der Waals surface area contributed by atoms with Crippen LogP contribution in [0.15, 0.2) is 12.8 Å². The second-order valence-corrected chi connectivity index (χ2v) is 2.52. The number of nitrogens with one attached hydrogen (secondary N) is 1. The summed E-state index contributed by atoms with van der Waals surface area (Å²) >= 11 is 0. The van der Waals surface area contributed by atoms with Gasteiger partial charge in [-0.1, -0.05) is 6.58 Å². The molecule has 0 aromatic carbocycles. The SMILES string of the molecule is C=COCCCNC(=O)N(C)C. The Labute approximate surface area is 73.2 Å². The summed E-state index contributed by atoms with van der Waals surface area (Å²) in [5, 5.41) is 2.71. The van der Waals surface area contributed by atoms with Gasteiger partial charge < -0.3 is 15.0 Å². The molecule has 0 aliphatic carbocycles. The molecular formula is C8H16N2O2. The quantitative estimate of drug-likeness (QED) is 0.492. The van der Waals surface area contributed by atoms with Gasteiger partial charge in [0.05, 0.1) is 12.9 Å². The molecule has 0 saturated heterocycles. The number of amides is 2. The third-order valence-electron chi connectivity index (χ3n) is 1.24. The van der Waals surface area contributed by atoms with Crippen molar-refractivity contribution >= 4 is 6.03 Å². The Morgan fingerprint density at radius 3 is 2.83 bits per heavy atom. The van der Waals surface area contributed by atoms with Gasteiger partial charge in [0.2, 0.25) is 0 Å². The Morgan fingerprint density at radius 2 is 2.33 bits per heavy atom. The maximum absolute atomic E-state index is 10.9. The van der Waals surface area contributed by atoms with Crippen LogP contribution < -0.4 is 5.32 Å². The fourth-order valence-electron chi connectivity index (χ4n) is 0.592. The number of hydrogen-bond donors (Lipinski definition) is 1. The molecule has 4 heteroatoms. The van der Waals surface area contributed by atoms with Crippen LogP contribution in [-0.2, 0) is 4.74 Å². The first-order valence-corrected chi connectivity index (χ1v) is 3.86. The second-order valence-electron chi connectivity index (χ2n) is 2.52. The highest BCUT2D eigenvalue weighted by Crippen LogP contribution is 1.82. The maximum atomic E-state index is 10.9. The minimum atomic E-state index is -0.0754. The lowest BCUT2D eigenvalue weighted by Gasteiger charge is -2.11. The topological polar surface area (TPSA) is 41.6 Å². The molecule has 0 aromatic heterocycles. The summed E-state index contributed by atoms with van der Waals surface area (Å²) < 4.78 is 4.87. The van der Waals surface area contributed by atoms with Crippen LogP contribution in [-0.4, -0.2) is 38.2 Å². The minimum absolute atomic E-state index is 0.0754. The molecule has 0 aromatic rings. The average Bonchev–Trinajstić information content (AvgIpc) is 2.03. The highest BCUT2D eigenvalue weighted by atomic mass is 16.5. The Hall–Kier alpha value is -1.19. The van der Waals surface area contributed by atoms with Crippen molar-refractivity contribution in [3.05, 3.63) is 12.8 Å². The van der Waals surface area contributed by atoms with Crippen molar-refractivity contribution in [3.63, 3.8) is 0 Å². The predicted molar refractivity (Wildman–Crippen MR) is 47.9 cm³/mol. The fourth-order valence-corrected chi connectivity index (χ4v) is 0.592. The number of ether oxygens (including phenoxy) is 1. The molecule has 0 atom stereocenters. The first-order valence-electron chi connectivity index (χ1n) is 3.86. The lowest BCUT2D eigenvalue weighted by molar-refractivity contribution is 0.213. The van der Waals surface area contributed by atoms with E-state index in [0.29, 0.717) is 13.2 Å². The molecule has 12 heavy (non-hydrogen) atoms. The molecule has 0 bridgehead atoms. The molecule has 0 rings (SSSR count). The van der Waals surface area contributed by atoms with Crippen LogP contribution in [0.3, 0.4) is 0 Å². The van der Waals surface area contributed by atoms with E-state index in [1.54, 1.807) is 14.1 Å². The van der Waals surface area contributed by atoms with Gasteiger partial charge in [-0.25, -0.2) is 4.79 Å².